The Bertz CT molecular complexity index is 462. The van der Waals surface area contributed by atoms with Crippen LogP contribution in [0.4, 0.5) is 19.0 Å². The van der Waals surface area contributed by atoms with Crippen molar-refractivity contribution in [3.05, 3.63) is 23.4 Å². The summed E-state index contributed by atoms with van der Waals surface area (Å²) in [4.78, 5) is 4.96. The smallest absolute Gasteiger partial charge is 0.395 e. The van der Waals surface area contributed by atoms with Crippen LogP contribution in [0.5, 0.6) is 0 Å². The quantitative estimate of drug-likeness (QED) is 0.557. The molecule has 0 spiro atoms. The van der Waals surface area contributed by atoms with Crippen LogP contribution in [0.25, 0.3) is 0 Å². The molecular formula is C11H15F3N4O. The molecule has 19 heavy (non-hydrogen) atoms. The molecule has 0 saturated heterocycles. The van der Waals surface area contributed by atoms with Gasteiger partial charge in [-0.05, 0) is 19.1 Å². The fraction of sp³-hybridized carbons (Fsp3) is 0.455. The van der Waals surface area contributed by atoms with E-state index in [2.05, 4.69) is 4.98 Å². The Hall–Kier alpha value is -1.83. The van der Waals surface area contributed by atoms with Crippen molar-refractivity contribution in [2.24, 2.45) is 5.73 Å². The summed E-state index contributed by atoms with van der Waals surface area (Å²) in [6, 6.07) is 1.90. The third-order valence-corrected chi connectivity index (χ3v) is 2.51. The summed E-state index contributed by atoms with van der Waals surface area (Å²) in [7, 11) is 0. The second kappa shape index (κ2) is 5.87. The summed E-state index contributed by atoms with van der Waals surface area (Å²) in [6.07, 6.45) is -4.57. The maximum Gasteiger partial charge on any atom is 0.433 e. The highest BCUT2D eigenvalue weighted by Crippen LogP contribution is 2.30. The number of aromatic nitrogens is 1. The van der Waals surface area contributed by atoms with E-state index in [0.29, 0.717) is 6.54 Å². The molecule has 0 aromatic carbocycles. The van der Waals surface area contributed by atoms with Crippen molar-refractivity contribution >= 4 is 11.7 Å². The minimum Gasteiger partial charge on any atom is -0.395 e. The number of alkyl halides is 3. The maximum atomic E-state index is 12.6. The molecule has 0 bridgehead atoms. The van der Waals surface area contributed by atoms with Crippen molar-refractivity contribution in [3.8, 4) is 0 Å². The Morgan fingerprint density at radius 3 is 2.53 bits per heavy atom. The van der Waals surface area contributed by atoms with E-state index in [0.717, 1.165) is 12.1 Å². The number of nitrogens with one attached hydrogen (secondary N) is 1. The standard InChI is InChI=1S/C11H15F3N4O/c1-2-18(5-6-19)10-7(9(15)16)3-4-8(17-10)11(12,13)14/h3-4,19H,2,5-6H2,1H3,(H3,15,16). The molecule has 0 aliphatic rings. The number of hydrogen-bond donors (Lipinski definition) is 3. The molecule has 0 aliphatic heterocycles. The van der Waals surface area contributed by atoms with Crippen molar-refractivity contribution in [2.45, 2.75) is 13.1 Å². The van der Waals surface area contributed by atoms with Crippen LogP contribution in [-0.4, -0.2) is 35.6 Å². The third kappa shape index (κ3) is 3.57. The van der Waals surface area contributed by atoms with E-state index in [9.17, 15) is 13.2 Å². The third-order valence-electron chi connectivity index (χ3n) is 2.51. The Balaban J connectivity index is 3.33. The number of hydrogen-bond acceptors (Lipinski definition) is 4. The number of nitrogens with zero attached hydrogens (tertiary/aromatic N) is 2. The molecule has 0 radical (unpaired) electrons. The predicted octanol–water partition coefficient (Wildman–Crippen LogP) is 1.20. The van der Waals surface area contributed by atoms with Gasteiger partial charge >= 0.3 is 6.18 Å². The van der Waals surface area contributed by atoms with E-state index in [1.807, 2.05) is 0 Å². The molecule has 0 amide bonds. The average molecular weight is 276 g/mol. The van der Waals surface area contributed by atoms with E-state index in [1.165, 1.54) is 4.90 Å². The van der Waals surface area contributed by atoms with Gasteiger partial charge in [-0.3, -0.25) is 5.41 Å². The van der Waals surface area contributed by atoms with E-state index >= 15 is 0 Å². The summed E-state index contributed by atoms with van der Waals surface area (Å²) in [6.45, 7) is 1.94. The largest absolute Gasteiger partial charge is 0.433 e. The molecule has 106 valence electrons. The topological polar surface area (TPSA) is 86.2 Å². The Morgan fingerprint density at radius 2 is 2.11 bits per heavy atom. The van der Waals surface area contributed by atoms with Gasteiger partial charge in [0, 0.05) is 13.1 Å². The van der Waals surface area contributed by atoms with Crippen LogP contribution in [-0.2, 0) is 6.18 Å². The highest BCUT2D eigenvalue weighted by Gasteiger charge is 2.33. The van der Waals surface area contributed by atoms with Crippen molar-refractivity contribution in [1.82, 2.24) is 4.98 Å². The van der Waals surface area contributed by atoms with Crippen molar-refractivity contribution < 1.29 is 18.3 Å². The molecule has 1 heterocycles. The van der Waals surface area contributed by atoms with E-state index in [4.69, 9.17) is 16.2 Å². The first-order chi connectivity index (χ1) is 8.81. The van der Waals surface area contributed by atoms with Crippen LogP contribution in [0.15, 0.2) is 12.1 Å². The van der Waals surface area contributed by atoms with Gasteiger partial charge in [0.1, 0.15) is 17.3 Å². The number of rotatable bonds is 5. The molecule has 8 heteroatoms. The zero-order valence-corrected chi connectivity index (χ0v) is 10.3. The molecule has 0 aliphatic carbocycles. The monoisotopic (exact) mass is 276 g/mol. The molecule has 0 saturated carbocycles. The molecular weight excluding hydrogens is 261 g/mol. The van der Waals surface area contributed by atoms with Crippen LogP contribution < -0.4 is 10.6 Å². The molecule has 1 rings (SSSR count). The number of nitrogen functional groups attached to an aromatic ring is 1. The van der Waals surface area contributed by atoms with Gasteiger partial charge in [-0.1, -0.05) is 0 Å². The highest BCUT2D eigenvalue weighted by atomic mass is 19.4. The van der Waals surface area contributed by atoms with Crippen molar-refractivity contribution in [1.29, 1.82) is 5.41 Å². The minimum absolute atomic E-state index is 0.0427. The van der Waals surface area contributed by atoms with Crippen molar-refractivity contribution in [3.63, 3.8) is 0 Å². The van der Waals surface area contributed by atoms with Gasteiger partial charge in [0.05, 0.1) is 12.2 Å². The van der Waals surface area contributed by atoms with Gasteiger partial charge < -0.3 is 15.7 Å². The lowest BCUT2D eigenvalue weighted by atomic mass is 10.2. The minimum atomic E-state index is -4.57. The molecule has 0 fully saturated rings. The van der Waals surface area contributed by atoms with E-state index in [-0.39, 0.29) is 30.4 Å². The number of nitrogens with two attached hydrogens (primary N) is 1. The van der Waals surface area contributed by atoms with Gasteiger partial charge in [-0.2, -0.15) is 13.2 Å². The normalized spacial score (nSPS) is 11.4. The molecule has 1 aromatic rings. The molecule has 4 N–H and O–H groups in total. The van der Waals surface area contributed by atoms with E-state index < -0.39 is 11.9 Å². The van der Waals surface area contributed by atoms with Crippen LogP contribution >= 0.6 is 0 Å². The number of aliphatic hydroxyl groups excluding tert-OH is 1. The predicted molar refractivity (Wildman–Crippen MR) is 65.2 cm³/mol. The molecule has 0 unspecified atom stereocenters. The number of likely N-dealkylation sites (N-methyl/N-ethyl adjacent to an activating group) is 1. The van der Waals surface area contributed by atoms with Gasteiger partial charge in [0.2, 0.25) is 0 Å². The first kappa shape index (κ1) is 15.2. The highest BCUT2D eigenvalue weighted by molar-refractivity contribution is 5.99. The summed E-state index contributed by atoms with van der Waals surface area (Å²) in [5, 5.41) is 16.3. The number of aliphatic hydroxyl groups is 1. The van der Waals surface area contributed by atoms with Crippen LogP contribution in [0.2, 0.25) is 0 Å². The van der Waals surface area contributed by atoms with Gasteiger partial charge in [0.15, 0.2) is 0 Å². The first-order valence-corrected chi connectivity index (χ1v) is 5.59. The average Bonchev–Trinajstić information content (AvgIpc) is 2.34. The molecule has 0 atom stereocenters. The summed E-state index contributed by atoms with van der Waals surface area (Å²) in [5.74, 6) is -0.411. The Labute approximate surface area is 108 Å². The second-order valence-corrected chi connectivity index (χ2v) is 3.78. The van der Waals surface area contributed by atoms with Crippen molar-refractivity contribution in [2.75, 3.05) is 24.6 Å². The number of pyridine rings is 1. The zero-order valence-electron chi connectivity index (χ0n) is 10.3. The first-order valence-electron chi connectivity index (χ1n) is 5.59. The molecule has 5 nitrogen and oxygen atoms in total. The molecule has 1 aromatic heterocycles. The number of amidine groups is 1. The fourth-order valence-electron chi connectivity index (χ4n) is 1.59. The zero-order chi connectivity index (χ0) is 14.6. The Morgan fingerprint density at radius 1 is 1.47 bits per heavy atom. The maximum absolute atomic E-state index is 12.6. The van der Waals surface area contributed by atoms with Crippen LogP contribution in [0.1, 0.15) is 18.2 Å². The van der Waals surface area contributed by atoms with Gasteiger partial charge in [-0.25, -0.2) is 4.98 Å². The van der Waals surface area contributed by atoms with E-state index in [1.54, 1.807) is 6.92 Å². The lowest BCUT2D eigenvalue weighted by Crippen LogP contribution is -2.31. The SMILES string of the molecule is CCN(CCO)c1nc(C(F)(F)F)ccc1C(=N)N. The van der Waals surface area contributed by atoms with Gasteiger partial charge in [0.25, 0.3) is 0 Å². The number of halogens is 3. The lowest BCUT2D eigenvalue weighted by Gasteiger charge is -2.24. The fourth-order valence-corrected chi connectivity index (χ4v) is 1.59. The summed E-state index contributed by atoms with van der Waals surface area (Å²) >= 11 is 0. The van der Waals surface area contributed by atoms with Gasteiger partial charge in [-0.15, -0.1) is 0 Å². The van der Waals surface area contributed by atoms with Crippen LogP contribution in [0.3, 0.4) is 0 Å². The number of anilines is 1. The lowest BCUT2D eigenvalue weighted by molar-refractivity contribution is -0.141. The summed E-state index contributed by atoms with van der Waals surface area (Å²) < 4.78 is 37.9. The van der Waals surface area contributed by atoms with Crippen LogP contribution in [0, 0.1) is 5.41 Å². The Kier molecular flexibility index (Phi) is 4.71. The second-order valence-electron chi connectivity index (χ2n) is 3.78. The summed E-state index contributed by atoms with van der Waals surface area (Å²) in [5.41, 5.74) is 4.40.